The quantitative estimate of drug-likeness (QED) is 0.757. The summed E-state index contributed by atoms with van der Waals surface area (Å²) in [7, 11) is 0. The predicted molar refractivity (Wildman–Crippen MR) is 93.4 cm³/mol. The summed E-state index contributed by atoms with van der Waals surface area (Å²) in [6.07, 6.45) is 2.52. The first kappa shape index (κ1) is 16.4. The number of amides is 1. The van der Waals surface area contributed by atoms with Crippen LogP contribution in [0.4, 0.5) is 14.6 Å². The molecule has 0 saturated carbocycles. The molecule has 3 aromatic rings. The predicted octanol–water partition coefficient (Wildman–Crippen LogP) is 3.34. The number of nitrogens with zero attached hydrogens (tertiary/aromatic N) is 2. The van der Waals surface area contributed by atoms with Crippen molar-refractivity contribution in [1.82, 2.24) is 15.3 Å². The number of carbonyl (C=O) groups is 1. The Hall–Kier alpha value is -3.09. The lowest BCUT2D eigenvalue weighted by Crippen LogP contribution is -2.45. The molecule has 1 fully saturated rings. The second-order valence-electron chi connectivity index (χ2n) is 6.26. The van der Waals surface area contributed by atoms with Gasteiger partial charge >= 0.3 is 0 Å². The van der Waals surface area contributed by atoms with E-state index in [2.05, 4.69) is 20.6 Å². The molecule has 2 aromatic carbocycles. The zero-order valence-corrected chi connectivity index (χ0v) is 13.7. The fourth-order valence-electron chi connectivity index (χ4n) is 3.20. The van der Waals surface area contributed by atoms with Crippen LogP contribution in [0.1, 0.15) is 24.4 Å². The van der Waals surface area contributed by atoms with Crippen LogP contribution < -0.4 is 10.6 Å². The zero-order valence-electron chi connectivity index (χ0n) is 13.7. The molecule has 1 aromatic heterocycles. The first-order chi connectivity index (χ1) is 12.6. The Morgan fingerprint density at radius 2 is 1.81 bits per heavy atom. The molecule has 132 valence electrons. The van der Waals surface area contributed by atoms with E-state index in [9.17, 15) is 13.6 Å². The first-order valence-corrected chi connectivity index (χ1v) is 8.33. The summed E-state index contributed by atoms with van der Waals surface area (Å²) in [6, 6.07) is 11.4. The standard InChI is InChI=1S/C19H16F2N4O/c20-12-8-15-16(9-13(12)21)24-17(10-22-15)23-14-6-7-18(26)25-19(14)11-4-2-1-3-5-11/h1-5,8-10,14,19H,6-7H2,(H,23,24)(H,25,26)/t14-,19+/m1/s1. The minimum Gasteiger partial charge on any atom is -0.364 e. The topological polar surface area (TPSA) is 66.9 Å². The minimum atomic E-state index is -0.962. The van der Waals surface area contributed by atoms with Crippen LogP contribution in [-0.4, -0.2) is 21.9 Å². The highest BCUT2D eigenvalue weighted by atomic mass is 19.2. The van der Waals surface area contributed by atoms with E-state index in [1.165, 1.54) is 6.20 Å². The number of piperidine rings is 1. The monoisotopic (exact) mass is 354 g/mol. The van der Waals surface area contributed by atoms with Crippen LogP contribution in [0.2, 0.25) is 0 Å². The van der Waals surface area contributed by atoms with Crippen LogP contribution >= 0.6 is 0 Å². The third kappa shape index (κ3) is 3.20. The molecular formula is C19H16F2N4O. The number of aromatic nitrogens is 2. The Morgan fingerprint density at radius 1 is 1.08 bits per heavy atom. The summed E-state index contributed by atoms with van der Waals surface area (Å²) < 4.78 is 26.8. The van der Waals surface area contributed by atoms with Crippen molar-refractivity contribution < 1.29 is 13.6 Å². The lowest BCUT2D eigenvalue weighted by molar-refractivity contribution is -0.123. The van der Waals surface area contributed by atoms with Crippen LogP contribution in [0.3, 0.4) is 0 Å². The van der Waals surface area contributed by atoms with Gasteiger partial charge in [0.2, 0.25) is 5.91 Å². The fourth-order valence-corrected chi connectivity index (χ4v) is 3.20. The normalized spacial score (nSPS) is 20.0. The number of benzene rings is 2. The van der Waals surface area contributed by atoms with E-state index < -0.39 is 11.6 Å². The second-order valence-corrected chi connectivity index (χ2v) is 6.26. The molecule has 5 nitrogen and oxygen atoms in total. The van der Waals surface area contributed by atoms with Crippen LogP contribution in [0.15, 0.2) is 48.7 Å². The summed E-state index contributed by atoms with van der Waals surface area (Å²) in [5.74, 6) is -1.47. The SMILES string of the molecule is O=C1CC[C@@H](Nc2cnc3cc(F)c(F)cc3n2)[C@H](c2ccccc2)N1. The average molecular weight is 354 g/mol. The maximum Gasteiger partial charge on any atom is 0.220 e. The Morgan fingerprint density at radius 3 is 2.58 bits per heavy atom. The van der Waals surface area contributed by atoms with Gasteiger partial charge in [-0.2, -0.15) is 0 Å². The maximum atomic E-state index is 13.5. The Kier molecular flexibility index (Phi) is 4.20. The summed E-state index contributed by atoms with van der Waals surface area (Å²) in [4.78, 5) is 20.3. The molecule has 7 heteroatoms. The van der Waals surface area contributed by atoms with Gasteiger partial charge in [0.15, 0.2) is 11.6 Å². The minimum absolute atomic E-state index is 0.000884. The van der Waals surface area contributed by atoms with Crippen molar-refractivity contribution in [2.45, 2.75) is 24.9 Å². The average Bonchev–Trinajstić information content (AvgIpc) is 2.65. The summed E-state index contributed by atoms with van der Waals surface area (Å²) in [5, 5.41) is 6.27. The van der Waals surface area contributed by atoms with Gasteiger partial charge in [0.1, 0.15) is 5.82 Å². The molecule has 4 rings (SSSR count). The second kappa shape index (κ2) is 6.67. The van der Waals surface area contributed by atoms with Crippen molar-refractivity contribution >= 4 is 22.8 Å². The van der Waals surface area contributed by atoms with Gasteiger partial charge < -0.3 is 10.6 Å². The lowest BCUT2D eigenvalue weighted by atomic mass is 9.92. The molecule has 0 spiro atoms. The highest BCUT2D eigenvalue weighted by Gasteiger charge is 2.30. The number of carbonyl (C=O) groups excluding carboxylic acids is 1. The van der Waals surface area contributed by atoms with Gasteiger partial charge in [-0.25, -0.2) is 13.8 Å². The van der Waals surface area contributed by atoms with Crippen LogP contribution in [0, 0.1) is 11.6 Å². The van der Waals surface area contributed by atoms with Crippen molar-refractivity contribution in [2.75, 3.05) is 5.32 Å². The molecule has 1 amide bonds. The van der Waals surface area contributed by atoms with Gasteiger partial charge in [-0.05, 0) is 12.0 Å². The van der Waals surface area contributed by atoms with E-state index in [1.807, 2.05) is 30.3 Å². The number of anilines is 1. The van der Waals surface area contributed by atoms with Crippen molar-refractivity contribution in [2.24, 2.45) is 0 Å². The molecule has 2 atom stereocenters. The molecule has 0 unspecified atom stereocenters. The number of hydrogen-bond donors (Lipinski definition) is 2. The molecule has 0 bridgehead atoms. The van der Waals surface area contributed by atoms with Crippen molar-refractivity contribution in [3.05, 3.63) is 65.9 Å². The number of halogens is 2. The number of fused-ring (bicyclic) bond motifs is 1. The van der Waals surface area contributed by atoms with Gasteiger partial charge in [-0.3, -0.25) is 9.78 Å². The lowest BCUT2D eigenvalue weighted by Gasteiger charge is -2.33. The molecular weight excluding hydrogens is 338 g/mol. The van der Waals surface area contributed by atoms with Crippen LogP contribution in [0.5, 0.6) is 0 Å². The Labute approximate surface area is 148 Å². The van der Waals surface area contributed by atoms with E-state index in [4.69, 9.17) is 0 Å². The van der Waals surface area contributed by atoms with Gasteiger partial charge in [0.05, 0.1) is 29.3 Å². The largest absolute Gasteiger partial charge is 0.364 e. The molecule has 1 aliphatic heterocycles. The molecule has 2 N–H and O–H groups in total. The smallest absolute Gasteiger partial charge is 0.220 e. The van der Waals surface area contributed by atoms with E-state index in [0.717, 1.165) is 17.7 Å². The van der Waals surface area contributed by atoms with Gasteiger partial charge in [0.25, 0.3) is 0 Å². The Balaban J connectivity index is 1.63. The van der Waals surface area contributed by atoms with E-state index in [-0.39, 0.29) is 29.0 Å². The third-order valence-corrected chi connectivity index (χ3v) is 4.48. The number of nitrogens with one attached hydrogen (secondary N) is 2. The first-order valence-electron chi connectivity index (χ1n) is 8.33. The zero-order chi connectivity index (χ0) is 18.1. The van der Waals surface area contributed by atoms with E-state index >= 15 is 0 Å². The Bertz CT molecular complexity index is 964. The summed E-state index contributed by atoms with van der Waals surface area (Å²) in [5.41, 5.74) is 1.54. The van der Waals surface area contributed by atoms with E-state index in [0.29, 0.717) is 18.7 Å². The van der Waals surface area contributed by atoms with E-state index in [1.54, 1.807) is 0 Å². The van der Waals surface area contributed by atoms with Gasteiger partial charge in [-0.1, -0.05) is 30.3 Å². The molecule has 1 aliphatic rings. The molecule has 26 heavy (non-hydrogen) atoms. The number of hydrogen-bond acceptors (Lipinski definition) is 4. The van der Waals surface area contributed by atoms with Crippen molar-refractivity contribution in [3.63, 3.8) is 0 Å². The maximum absolute atomic E-state index is 13.5. The molecule has 0 aliphatic carbocycles. The molecule has 0 radical (unpaired) electrons. The highest BCUT2D eigenvalue weighted by Crippen LogP contribution is 2.27. The molecule has 1 saturated heterocycles. The summed E-state index contributed by atoms with van der Waals surface area (Å²) in [6.45, 7) is 0. The fraction of sp³-hybridized carbons (Fsp3) is 0.211. The van der Waals surface area contributed by atoms with Gasteiger partial charge in [-0.15, -0.1) is 0 Å². The van der Waals surface area contributed by atoms with Crippen molar-refractivity contribution in [1.29, 1.82) is 0 Å². The highest BCUT2D eigenvalue weighted by molar-refractivity contribution is 5.78. The third-order valence-electron chi connectivity index (χ3n) is 4.48. The van der Waals surface area contributed by atoms with Crippen LogP contribution in [0.25, 0.3) is 11.0 Å². The van der Waals surface area contributed by atoms with Crippen molar-refractivity contribution in [3.8, 4) is 0 Å². The number of rotatable bonds is 3. The molecule has 2 heterocycles. The van der Waals surface area contributed by atoms with Crippen LogP contribution in [-0.2, 0) is 4.79 Å². The van der Waals surface area contributed by atoms with Gasteiger partial charge in [0, 0.05) is 18.6 Å². The summed E-state index contributed by atoms with van der Waals surface area (Å²) >= 11 is 0.